The number of hydrogen-bond acceptors (Lipinski definition) is 2. The van der Waals surface area contributed by atoms with Crippen molar-refractivity contribution in [1.29, 1.82) is 0 Å². The highest BCUT2D eigenvalue weighted by Crippen LogP contribution is 2.32. The summed E-state index contributed by atoms with van der Waals surface area (Å²) >= 11 is 5.75. The summed E-state index contributed by atoms with van der Waals surface area (Å²) in [6.07, 6.45) is -0.914. The summed E-state index contributed by atoms with van der Waals surface area (Å²) in [6.45, 7) is 3.83. The van der Waals surface area contributed by atoms with Gasteiger partial charge in [0, 0.05) is 5.56 Å². The summed E-state index contributed by atoms with van der Waals surface area (Å²) in [5, 5.41) is 10.4. The molecule has 1 unspecified atom stereocenters. The Bertz CT molecular complexity index is 599. The van der Waals surface area contributed by atoms with Crippen molar-refractivity contribution in [3.63, 3.8) is 0 Å². The highest BCUT2D eigenvalue weighted by molar-refractivity contribution is 6.30. The van der Waals surface area contributed by atoms with Gasteiger partial charge >= 0.3 is 0 Å². The molecule has 0 aromatic heterocycles. The molecule has 1 atom stereocenters. The Balaban J connectivity index is 2.37. The van der Waals surface area contributed by atoms with Gasteiger partial charge in [0.05, 0.1) is 11.1 Å². The molecule has 106 valence electrons. The molecule has 0 spiro atoms. The topological polar surface area (TPSA) is 29.5 Å². The highest BCUT2D eigenvalue weighted by atomic mass is 35.5. The first-order valence-corrected chi connectivity index (χ1v) is 6.75. The molecule has 0 heterocycles. The zero-order chi connectivity index (χ0) is 14.7. The molecule has 0 aliphatic heterocycles. The maximum absolute atomic E-state index is 13.2. The van der Waals surface area contributed by atoms with E-state index in [4.69, 9.17) is 16.3 Å². The Kier molecular flexibility index (Phi) is 4.63. The second-order valence-corrected chi connectivity index (χ2v) is 5.19. The minimum Gasteiger partial charge on any atom is -0.491 e. The SMILES string of the molecule is CC(C)Oc1ccccc1C(O)c1ccc(F)c(Cl)c1. The van der Waals surface area contributed by atoms with E-state index >= 15 is 0 Å². The van der Waals surface area contributed by atoms with Crippen molar-refractivity contribution in [3.05, 3.63) is 64.4 Å². The molecule has 4 heteroatoms. The molecule has 2 aromatic rings. The average Bonchev–Trinajstić information content (AvgIpc) is 2.41. The third-order valence-corrected chi connectivity index (χ3v) is 3.13. The van der Waals surface area contributed by atoms with Crippen molar-refractivity contribution < 1.29 is 14.2 Å². The van der Waals surface area contributed by atoms with Gasteiger partial charge in [-0.2, -0.15) is 0 Å². The first kappa shape index (κ1) is 14.8. The molecular formula is C16H16ClFO2. The predicted octanol–water partition coefficient (Wildman–Crippen LogP) is 4.35. The molecule has 2 aromatic carbocycles. The molecule has 20 heavy (non-hydrogen) atoms. The van der Waals surface area contributed by atoms with Crippen LogP contribution in [0, 0.1) is 5.82 Å². The Hall–Kier alpha value is -1.58. The van der Waals surface area contributed by atoms with Crippen LogP contribution in [0.5, 0.6) is 5.75 Å². The van der Waals surface area contributed by atoms with Crippen LogP contribution in [-0.2, 0) is 0 Å². The summed E-state index contributed by atoms with van der Waals surface area (Å²) in [5.41, 5.74) is 1.15. The van der Waals surface area contributed by atoms with Gasteiger partial charge in [0.1, 0.15) is 17.7 Å². The number of hydrogen-bond donors (Lipinski definition) is 1. The molecule has 2 nitrogen and oxygen atoms in total. The summed E-state index contributed by atoms with van der Waals surface area (Å²) in [6, 6.07) is 11.4. The minimum atomic E-state index is -0.914. The van der Waals surface area contributed by atoms with Crippen LogP contribution in [0.3, 0.4) is 0 Å². The van der Waals surface area contributed by atoms with Crippen LogP contribution >= 0.6 is 11.6 Å². The van der Waals surface area contributed by atoms with Crippen molar-refractivity contribution in [2.75, 3.05) is 0 Å². The molecular weight excluding hydrogens is 279 g/mol. The van der Waals surface area contributed by atoms with Gasteiger partial charge in [-0.3, -0.25) is 0 Å². The number of aliphatic hydroxyl groups is 1. The maximum atomic E-state index is 13.2. The molecule has 1 N–H and O–H groups in total. The van der Waals surface area contributed by atoms with Gasteiger partial charge in [-0.25, -0.2) is 4.39 Å². The van der Waals surface area contributed by atoms with Crippen molar-refractivity contribution in [2.24, 2.45) is 0 Å². The molecule has 0 radical (unpaired) electrons. The Morgan fingerprint density at radius 1 is 1.15 bits per heavy atom. The van der Waals surface area contributed by atoms with Crippen LogP contribution in [0.25, 0.3) is 0 Å². The van der Waals surface area contributed by atoms with Crippen LogP contribution in [0.4, 0.5) is 4.39 Å². The molecule has 0 saturated carbocycles. The van der Waals surface area contributed by atoms with E-state index in [9.17, 15) is 9.50 Å². The second kappa shape index (κ2) is 6.25. The molecule has 0 amide bonds. The van der Waals surface area contributed by atoms with E-state index in [-0.39, 0.29) is 11.1 Å². The molecule has 0 bridgehead atoms. The normalized spacial score (nSPS) is 12.5. The maximum Gasteiger partial charge on any atom is 0.141 e. The quantitative estimate of drug-likeness (QED) is 0.908. The van der Waals surface area contributed by atoms with Gasteiger partial charge in [-0.1, -0.05) is 35.9 Å². The summed E-state index contributed by atoms with van der Waals surface area (Å²) in [4.78, 5) is 0. The van der Waals surface area contributed by atoms with Crippen LogP contribution in [0.1, 0.15) is 31.1 Å². The summed E-state index contributed by atoms with van der Waals surface area (Å²) in [5.74, 6) is 0.102. The van der Waals surface area contributed by atoms with E-state index in [0.717, 1.165) is 0 Å². The third-order valence-electron chi connectivity index (χ3n) is 2.84. The third kappa shape index (κ3) is 3.30. The minimum absolute atomic E-state index is 0.000144. The monoisotopic (exact) mass is 294 g/mol. The zero-order valence-electron chi connectivity index (χ0n) is 11.3. The Morgan fingerprint density at radius 3 is 2.50 bits per heavy atom. The van der Waals surface area contributed by atoms with Gasteiger partial charge in [0.2, 0.25) is 0 Å². The smallest absolute Gasteiger partial charge is 0.141 e. The van der Waals surface area contributed by atoms with Crippen molar-refractivity contribution in [2.45, 2.75) is 26.1 Å². The van der Waals surface area contributed by atoms with Crippen LogP contribution in [0.2, 0.25) is 5.02 Å². The standard InChI is InChI=1S/C16H16ClFO2/c1-10(2)20-15-6-4-3-5-12(15)16(19)11-7-8-14(18)13(17)9-11/h3-10,16,19H,1-2H3. The largest absolute Gasteiger partial charge is 0.491 e. The predicted molar refractivity (Wildman–Crippen MR) is 77.7 cm³/mol. The van der Waals surface area contributed by atoms with E-state index in [2.05, 4.69) is 0 Å². The van der Waals surface area contributed by atoms with Gasteiger partial charge < -0.3 is 9.84 Å². The molecule has 0 aliphatic carbocycles. The lowest BCUT2D eigenvalue weighted by Crippen LogP contribution is -2.10. The summed E-state index contributed by atoms with van der Waals surface area (Å²) in [7, 11) is 0. The molecule has 0 aliphatic rings. The number of rotatable bonds is 4. The van der Waals surface area contributed by atoms with Gasteiger partial charge in [-0.05, 0) is 37.6 Å². The molecule has 2 rings (SSSR count). The highest BCUT2D eigenvalue weighted by Gasteiger charge is 2.17. The average molecular weight is 295 g/mol. The van der Waals surface area contributed by atoms with Crippen LogP contribution < -0.4 is 4.74 Å². The van der Waals surface area contributed by atoms with Gasteiger partial charge in [0.25, 0.3) is 0 Å². The van der Waals surface area contributed by atoms with E-state index in [1.165, 1.54) is 18.2 Å². The fraction of sp³-hybridized carbons (Fsp3) is 0.250. The molecule has 0 fully saturated rings. The van der Waals surface area contributed by atoms with E-state index < -0.39 is 11.9 Å². The lowest BCUT2D eigenvalue weighted by molar-refractivity contribution is 0.198. The summed E-state index contributed by atoms with van der Waals surface area (Å²) < 4.78 is 18.9. The Morgan fingerprint density at radius 2 is 1.85 bits per heavy atom. The number of aliphatic hydroxyl groups excluding tert-OH is 1. The first-order valence-electron chi connectivity index (χ1n) is 6.37. The van der Waals surface area contributed by atoms with E-state index in [1.807, 2.05) is 26.0 Å². The van der Waals surface area contributed by atoms with E-state index in [1.54, 1.807) is 12.1 Å². The fourth-order valence-electron chi connectivity index (χ4n) is 1.93. The Labute approximate surface area is 122 Å². The lowest BCUT2D eigenvalue weighted by atomic mass is 10.0. The number of para-hydroxylation sites is 1. The first-order chi connectivity index (χ1) is 9.49. The van der Waals surface area contributed by atoms with Crippen LogP contribution in [0.15, 0.2) is 42.5 Å². The number of ether oxygens (including phenoxy) is 1. The van der Waals surface area contributed by atoms with Gasteiger partial charge in [0.15, 0.2) is 0 Å². The fourth-order valence-corrected chi connectivity index (χ4v) is 2.12. The van der Waals surface area contributed by atoms with Gasteiger partial charge in [-0.15, -0.1) is 0 Å². The second-order valence-electron chi connectivity index (χ2n) is 4.78. The van der Waals surface area contributed by atoms with E-state index in [0.29, 0.717) is 16.9 Å². The van der Waals surface area contributed by atoms with Crippen molar-refractivity contribution in [1.82, 2.24) is 0 Å². The van der Waals surface area contributed by atoms with Crippen molar-refractivity contribution in [3.8, 4) is 5.75 Å². The zero-order valence-corrected chi connectivity index (χ0v) is 12.1. The number of halogens is 2. The number of benzene rings is 2. The lowest BCUT2D eigenvalue weighted by Gasteiger charge is -2.18. The van der Waals surface area contributed by atoms with Crippen molar-refractivity contribution >= 4 is 11.6 Å². The molecule has 0 saturated heterocycles. The van der Waals surface area contributed by atoms with Crippen LogP contribution in [-0.4, -0.2) is 11.2 Å².